The number of nitrogens with zero attached hydrogens (tertiary/aromatic N) is 4. The van der Waals surface area contributed by atoms with Gasteiger partial charge in [0.15, 0.2) is 5.65 Å². The van der Waals surface area contributed by atoms with Crippen LogP contribution >= 0.6 is 11.3 Å². The van der Waals surface area contributed by atoms with Crippen molar-refractivity contribution in [3.8, 4) is 0 Å². The third-order valence-corrected chi connectivity index (χ3v) is 5.67. The van der Waals surface area contributed by atoms with Crippen molar-refractivity contribution in [2.75, 3.05) is 13.1 Å². The molecule has 1 aliphatic heterocycles. The number of pyridine rings is 1. The molecule has 124 valence electrons. The second-order valence-corrected chi connectivity index (χ2v) is 7.25. The van der Waals surface area contributed by atoms with Gasteiger partial charge in [-0.25, -0.2) is 9.97 Å². The van der Waals surface area contributed by atoms with Crippen molar-refractivity contribution in [3.63, 3.8) is 0 Å². The van der Waals surface area contributed by atoms with Crippen molar-refractivity contribution in [1.82, 2.24) is 25.1 Å². The average Bonchev–Trinajstić information content (AvgIpc) is 3.20. The molecule has 0 aliphatic carbocycles. The van der Waals surface area contributed by atoms with E-state index in [1.807, 2.05) is 24.8 Å². The van der Waals surface area contributed by atoms with Gasteiger partial charge in [0, 0.05) is 47.4 Å². The first-order chi connectivity index (χ1) is 11.6. The molecule has 1 atom stereocenters. The van der Waals surface area contributed by atoms with Gasteiger partial charge in [-0.2, -0.15) is 5.10 Å². The normalized spacial score (nSPS) is 18.2. The minimum atomic E-state index is 0.0444. The van der Waals surface area contributed by atoms with E-state index in [0.717, 1.165) is 47.7 Å². The van der Waals surface area contributed by atoms with Gasteiger partial charge in [-0.05, 0) is 32.8 Å². The van der Waals surface area contributed by atoms with Crippen molar-refractivity contribution in [2.45, 2.75) is 32.6 Å². The summed E-state index contributed by atoms with van der Waals surface area (Å²) in [5.41, 5.74) is 3.27. The quantitative estimate of drug-likeness (QED) is 0.777. The van der Waals surface area contributed by atoms with Gasteiger partial charge >= 0.3 is 0 Å². The van der Waals surface area contributed by atoms with Gasteiger partial charge in [0.25, 0.3) is 5.91 Å². The molecule has 1 N–H and O–H groups in total. The highest BCUT2D eigenvalue weighted by atomic mass is 32.1. The van der Waals surface area contributed by atoms with E-state index in [0.29, 0.717) is 17.1 Å². The zero-order chi connectivity index (χ0) is 16.7. The maximum atomic E-state index is 12.9. The number of aryl methyl sites for hydroxylation is 2. The Morgan fingerprint density at radius 2 is 2.29 bits per heavy atom. The number of likely N-dealkylation sites (tertiary alicyclic amines) is 1. The lowest BCUT2D eigenvalue weighted by Crippen LogP contribution is -2.39. The van der Waals surface area contributed by atoms with Gasteiger partial charge < -0.3 is 4.90 Å². The minimum absolute atomic E-state index is 0.0444. The lowest BCUT2D eigenvalue weighted by molar-refractivity contribution is 0.0707. The second-order valence-electron chi connectivity index (χ2n) is 6.36. The van der Waals surface area contributed by atoms with E-state index in [4.69, 9.17) is 0 Å². The maximum absolute atomic E-state index is 12.9. The first-order valence-corrected chi connectivity index (χ1v) is 9.02. The summed E-state index contributed by atoms with van der Waals surface area (Å²) in [6.45, 7) is 5.48. The zero-order valence-corrected chi connectivity index (χ0v) is 14.6. The Labute approximate surface area is 143 Å². The molecule has 1 amide bonds. The number of aromatic amines is 1. The van der Waals surface area contributed by atoms with Crippen LogP contribution in [0.15, 0.2) is 17.6 Å². The number of hydrogen-bond donors (Lipinski definition) is 1. The van der Waals surface area contributed by atoms with E-state index in [1.54, 1.807) is 17.5 Å². The number of H-pyrrole nitrogens is 1. The molecule has 0 saturated carbocycles. The van der Waals surface area contributed by atoms with Gasteiger partial charge in [-0.15, -0.1) is 11.3 Å². The Hall–Kier alpha value is -2.28. The summed E-state index contributed by atoms with van der Waals surface area (Å²) in [5, 5.41) is 11.2. The van der Waals surface area contributed by atoms with E-state index >= 15 is 0 Å². The van der Waals surface area contributed by atoms with Gasteiger partial charge in [-0.3, -0.25) is 9.89 Å². The molecule has 6 nitrogen and oxygen atoms in total. The molecule has 0 aromatic carbocycles. The summed E-state index contributed by atoms with van der Waals surface area (Å²) < 4.78 is 0. The zero-order valence-electron chi connectivity index (χ0n) is 13.7. The molecule has 24 heavy (non-hydrogen) atoms. The van der Waals surface area contributed by atoms with Crippen LogP contribution in [0.5, 0.6) is 0 Å². The number of hydrogen-bond acceptors (Lipinski definition) is 5. The largest absolute Gasteiger partial charge is 0.338 e. The number of piperidine rings is 1. The van der Waals surface area contributed by atoms with Crippen LogP contribution in [-0.4, -0.2) is 44.1 Å². The van der Waals surface area contributed by atoms with E-state index < -0.39 is 0 Å². The number of carbonyl (C=O) groups excluding carboxylic acids is 1. The Morgan fingerprint density at radius 1 is 1.42 bits per heavy atom. The topological polar surface area (TPSA) is 74.8 Å². The van der Waals surface area contributed by atoms with Gasteiger partial charge in [-0.1, -0.05) is 0 Å². The van der Waals surface area contributed by atoms with E-state index in [2.05, 4.69) is 25.5 Å². The Morgan fingerprint density at radius 3 is 3.08 bits per heavy atom. The molecule has 1 unspecified atom stereocenters. The van der Waals surface area contributed by atoms with Crippen LogP contribution in [0.25, 0.3) is 11.0 Å². The number of fused-ring (bicyclic) bond motifs is 1. The van der Waals surface area contributed by atoms with Gasteiger partial charge in [0.05, 0.1) is 10.6 Å². The fourth-order valence-corrected chi connectivity index (χ4v) is 4.17. The van der Waals surface area contributed by atoms with Crippen molar-refractivity contribution in [2.24, 2.45) is 0 Å². The molecule has 4 heterocycles. The Kier molecular flexibility index (Phi) is 3.80. The van der Waals surface area contributed by atoms with Crippen LogP contribution in [-0.2, 0) is 0 Å². The third-order valence-electron chi connectivity index (χ3n) is 4.54. The summed E-state index contributed by atoms with van der Waals surface area (Å²) in [5.74, 6) is 0.386. The number of carbonyl (C=O) groups is 1. The van der Waals surface area contributed by atoms with Crippen molar-refractivity contribution >= 4 is 28.3 Å². The van der Waals surface area contributed by atoms with Crippen LogP contribution in [0.4, 0.5) is 0 Å². The van der Waals surface area contributed by atoms with E-state index in [9.17, 15) is 4.79 Å². The SMILES string of the molecule is Cc1csc(C2CCCN(C(=O)c3cnc4n[nH]c(C)c4c3)C2)n1. The molecule has 0 radical (unpaired) electrons. The van der Waals surface area contributed by atoms with Crippen molar-refractivity contribution in [3.05, 3.63) is 39.6 Å². The molecule has 3 aromatic rings. The highest BCUT2D eigenvalue weighted by Crippen LogP contribution is 2.30. The highest BCUT2D eigenvalue weighted by Gasteiger charge is 2.27. The summed E-state index contributed by atoms with van der Waals surface area (Å²) >= 11 is 1.70. The maximum Gasteiger partial charge on any atom is 0.255 e. The fraction of sp³-hybridized carbons (Fsp3) is 0.412. The monoisotopic (exact) mass is 341 g/mol. The van der Waals surface area contributed by atoms with Crippen LogP contribution < -0.4 is 0 Å². The predicted molar refractivity (Wildman–Crippen MR) is 93.4 cm³/mol. The van der Waals surface area contributed by atoms with E-state index in [-0.39, 0.29) is 5.91 Å². The molecule has 1 fully saturated rings. The lowest BCUT2D eigenvalue weighted by Gasteiger charge is -2.31. The van der Waals surface area contributed by atoms with Gasteiger partial charge in [0.1, 0.15) is 0 Å². The molecule has 0 spiro atoms. The number of amides is 1. The number of aromatic nitrogens is 4. The minimum Gasteiger partial charge on any atom is -0.338 e. The van der Waals surface area contributed by atoms with Crippen molar-refractivity contribution < 1.29 is 4.79 Å². The second kappa shape index (κ2) is 5.98. The summed E-state index contributed by atoms with van der Waals surface area (Å²) in [6, 6.07) is 1.89. The van der Waals surface area contributed by atoms with Crippen LogP contribution in [0, 0.1) is 13.8 Å². The summed E-state index contributed by atoms with van der Waals surface area (Å²) in [6.07, 6.45) is 3.73. The first kappa shape index (κ1) is 15.3. The van der Waals surface area contributed by atoms with Gasteiger partial charge in [0.2, 0.25) is 0 Å². The first-order valence-electron chi connectivity index (χ1n) is 8.14. The number of rotatable bonds is 2. The third kappa shape index (κ3) is 2.69. The lowest BCUT2D eigenvalue weighted by atomic mass is 9.98. The predicted octanol–water partition coefficient (Wildman–Crippen LogP) is 3.05. The smallest absolute Gasteiger partial charge is 0.255 e. The standard InChI is InChI=1S/C17H19N5OS/c1-10-9-24-16(19-10)12-4-3-5-22(8-12)17(23)13-6-14-11(2)20-21-15(14)18-7-13/h6-7,9,12H,3-5,8H2,1-2H3,(H,18,20,21). The Balaban J connectivity index is 1.57. The summed E-state index contributed by atoms with van der Waals surface area (Å²) in [7, 11) is 0. The molecule has 1 aliphatic rings. The molecular weight excluding hydrogens is 322 g/mol. The number of thiazole rings is 1. The average molecular weight is 341 g/mol. The molecule has 7 heteroatoms. The Bertz CT molecular complexity index is 899. The van der Waals surface area contributed by atoms with Crippen LogP contribution in [0.1, 0.15) is 45.5 Å². The highest BCUT2D eigenvalue weighted by molar-refractivity contribution is 7.09. The molecular formula is C17H19N5OS. The summed E-state index contributed by atoms with van der Waals surface area (Å²) in [4.78, 5) is 23.7. The molecule has 0 bridgehead atoms. The van der Waals surface area contributed by atoms with Crippen molar-refractivity contribution in [1.29, 1.82) is 0 Å². The molecule has 4 rings (SSSR count). The van der Waals surface area contributed by atoms with Crippen LogP contribution in [0.2, 0.25) is 0 Å². The fourth-order valence-electron chi connectivity index (χ4n) is 3.24. The van der Waals surface area contributed by atoms with E-state index in [1.165, 1.54) is 0 Å². The number of nitrogens with one attached hydrogen (secondary N) is 1. The molecule has 3 aromatic heterocycles. The molecule has 1 saturated heterocycles. The van der Waals surface area contributed by atoms with Crippen LogP contribution in [0.3, 0.4) is 0 Å².